The molecule has 3 aromatic carbocycles. The van der Waals surface area contributed by atoms with Crippen LogP contribution in [0.2, 0.25) is 0 Å². The molecule has 3 aromatic rings. The lowest BCUT2D eigenvalue weighted by Gasteiger charge is -2.24. The number of hydrogen-bond donors (Lipinski definition) is 3. The van der Waals surface area contributed by atoms with Crippen molar-refractivity contribution >= 4 is 23.6 Å². The van der Waals surface area contributed by atoms with E-state index in [0.29, 0.717) is 11.6 Å². The first-order valence-corrected chi connectivity index (χ1v) is 12.5. The normalized spacial score (nSPS) is 12.3. The van der Waals surface area contributed by atoms with Gasteiger partial charge in [0.05, 0.1) is 23.6 Å². The molecule has 224 valence electrons. The molecular formula is C29H28F5N3O5. The molecule has 0 spiro atoms. The minimum atomic E-state index is -4.79. The van der Waals surface area contributed by atoms with Crippen LogP contribution in [0.4, 0.5) is 32.4 Å². The maximum absolute atomic E-state index is 14.8. The molecule has 42 heavy (non-hydrogen) atoms. The number of anilines is 1. The third-order valence-corrected chi connectivity index (χ3v) is 5.63. The smallest absolute Gasteiger partial charge is 0.416 e. The Morgan fingerprint density at radius 1 is 0.929 bits per heavy atom. The van der Waals surface area contributed by atoms with Crippen LogP contribution in [0, 0.1) is 18.6 Å². The molecule has 0 aromatic heterocycles. The SMILES string of the molecule is Cc1cc(F)ccc1Oc1ccc(C(F)(F)F)cc1C(=O)Nc1ccc(F)c(C(CC(N)=O)NC(=O)OC(C)(C)C)c1. The Labute approximate surface area is 238 Å². The van der Waals surface area contributed by atoms with Gasteiger partial charge in [0.2, 0.25) is 5.91 Å². The van der Waals surface area contributed by atoms with Crippen LogP contribution in [0.15, 0.2) is 54.6 Å². The lowest BCUT2D eigenvalue weighted by Crippen LogP contribution is -2.37. The fourth-order valence-corrected chi connectivity index (χ4v) is 3.80. The second kappa shape index (κ2) is 12.5. The van der Waals surface area contributed by atoms with Gasteiger partial charge in [0.15, 0.2) is 0 Å². The molecule has 13 heteroatoms. The van der Waals surface area contributed by atoms with Crippen LogP contribution in [0.25, 0.3) is 0 Å². The topological polar surface area (TPSA) is 120 Å². The molecule has 3 amide bonds. The predicted octanol–water partition coefficient (Wildman–Crippen LogP) is 6.78. The Balaban J connectivity index is 1.97. The molecule has 1 atom stereocenters. The first kappa shape index (κ1) is 31.8. The van der Waals surface area contributed by atoms with Crippen LogP contribution in [0.5, 0.6) is 11.5 Å². The van der Waals surface area contributed by atoms with Crippen molar-refractivity contribution in [3.63, 3.8) is 0 Å². The van der Waals surface area contributed by atoms with Crippen molar-refractivity contribution in [3.05, 3.63) is 88.5 Å². The molecule has 3 rings (SSSR count). The zero-order valence-corrected chi connectivity index (χ0v) is 23.0. The fourth-order valence-electron chi connectivity index (χ4n) is 3.80. The average molecular weight is 594 g/mol. The molecule has 0 aliphatic heterocycles. The lowest BCUT2D eigenvalue weighted by molar-refractivity contribution is -0.137. The Kier molecular flexibility index (Phi) is 9.44. The molecule has 0 radical (unpaired) electrons. The fraction of sp³-hybridized carbons (Fsp3) is 0.276. The highest BCUT2D eigenvalue weighted by atomic mass is 19.4. The number of benzene rings is 3. The molecule has 0 saturated carbocycles. The van der Waals surface area contributed by atoms with Crippen molar-refractivity contribution in [1.29, 1.82) is 0 Å². The number of carbonyl (C=O) groups excluding carboxylic acids is 3. The van der Waals surface area contributed by atoms with E-state index in [1.165, 1.54) is 13.0 Å². The van der Waals surface area contributed by atoms with Crippen LogP contribution < -0.4 is 21.1 Å². The summed E-state index contributed by atoms with van der Waals surface area (Å²) >= 11 is 0. The molecule has 0 aliphatic rings. The molecule has 4 N–H and O–H groups in total. The van der Waals surface area contributed by atoms with Crippen LogP contribution in [-0.4, -0.2) is 23.5 Å². The van der Waals surface area contributed by atoms with Crippen LogP contribution >= 0.6 is 0 Å². The highest BCUT2D eigenvalue weighted by molar-refractivity contribution is 6.06. The van der Waals surface area contributed by atoms with E-state index in [4.69, 9.17) is 15.2 Å². The van der Waals surface area contributed by atoms with E-state index in [1.54, 1.807) is 20.8 Å². The molecule has 0 saturated heterocycles. The zero-order valence-electron chi connectivity index (χ0n) is 23.0. The van der Waals surface area contributed by atoms with Gasteiger partial charge in [-0.25, -0.2) is 13.6 Å². The summed E-state index contributed by atoms with van der Waals surface area (Å²) in [4.78, 5) is 37.2. The summed E-state index contributed by atoms with van der Waals surface area (Å²) < 4.78 is 79.6. The van der Waals surface area contributed by atoms with Gasteiger partial charge in [0.1, 0.15) is 28.7 Å². The molecule has 0 fully saturated rings. The predicted molar refractivity (Wildman–Crippen MR) is 143 cm³/mol. The molecule has 1 unspecified atom stereocenters. The minimum Gasteiger partial charge on any atom is -0.456 e. The van der Waals surface area contributed by atoms with E-state index in [2.05, 4.69) is 10.6 Å². The summed E-state index contributed by atoms with van der Waals surface area (Å²) in [5.41, 5.74) is 2.69. The Bertz CT molecular complexity index is 1500. The van der Waals surface area contributed by atoms with Gasteiger partial charge in [-0.05, 0) is 87.9 Å². The Morgan fingerprint density at radius 2 is 1.60 bits per heavy atom. The van der Waals surface area contributed by atoms with Gasteiger partial charge in [-0.2, -0.15) is 13.2 Å². The summed E-state index contributed by atoms with van der Waals surface area (Å²) in [5, 5.41) is 4.74. The van der Waals surface area contributed by atoms with E-state index < -0.39 is 64.9 Å². The van der Waals surface area contributed by atoms with E-state index in [0.717, 1.165) is 42.5 Å². The number of ether oxygens (including phenoxy) is 2. The molecule has 0 bridgehead atoms. The highest BCUT2D eigenvalue weighted by Crippen LogP contribution is 2.35. The summed E-state index contributed by atoms with van der Waals surface area (Å²) in [7, 11) is 0. The van der Waals surface area contributed by atoms with Crippen LogP contribution in [-0.2, 0) is 15.7 Å². The first-order valence-electron chi connectivity index (χ1n) is 12.5. The zero-order chi connectivity index (χ0) is 31.4. The van der Waals surface area contributed by atoms with E-state index in [9.17, 15) is 36.3 Å². The molecule has 0 heterocycles. The van der Waals surface area contributed by atoms with E-state index in [-0.39, 0.29) is 22.7 Å². The lowest BCUT2D eigenvalue weighted by atomic mass is 10.0. The number of alkyl halides is 3. The highest BCUT2D eigenvalue weighted by Gasteiger charge is 2.32. The van der Waals surface area contributed by atoms with Crippen LogP contribution in [0.3, 0.4) is 0 Å². The summed E-state index contributed by atoms with van der Waals surface area (Å²) in [6.07, 6.45) is -6.29. The number of halogens is 5. The standard InChI is InChI=1S/C29H28F5N3O5/c1-15-11-17(30)6-10-23(15)41-24-9-5-16(29(32,33)34)12-20(24)26(39)36-18-7-8-21(31)19(13-18)22(14-25(35)38)37-27(40)42-28(2,3)4/h5-13,22H,14H2,1-4H3,(H2,35,38)(H,36,39)(H,37,40). The average Bonchev–Trinajstić information content (AvgIpc) is 2.84. The minimum absolute atomic E-state index is 0.0850. The second-order valence-corrected chi connectivity index (χ2v) is 10.3. The van der Waals surface area contributed by atoms with Gasteiger partial charge in [-0.3, -0.25) is 9.59 Å². The van der Waals surface area contributed by atoms with E-state index in [1.807, 2.05) is 0 Å². The number of carbonyl (C=O) groups is 3. The van der Waals surface area contributed by atoms with Gasteiger partial charge in [0, 0.05) is 11.3 Å². The number of alkyl carbamates (subject to hydrolysis) is 1. The maximum atomic E-state index is 14.8. The largest absolute Gasteiger partial charge is 0.456 e. The molecule has 8 nitrogen and oxygen atoms in total. The number of hydrogen-bond acceptors (Lipinski definition) is 5. The number of nitrogens with two attached hydrogens (primary N) is 1. The third-order valence-electron chi connectivity index (χ3n) is 5.63. The molecular weight excluding hydrogens is 565 g/mol. The van der Waals surface area contributed by atoms with Gasteiger partial charge in [-0.1, -0.05) is 0 Å². The van der Waals surface area contributed by atoms with Gasteiger partial charge >= 0.3 is 12.3 Å². The van der Waals surface area contributed by atoms with Crippen molar-refractivity contribution < 1.29 is 45.8 Å². The summed E-state index contributed by atoms with van der Waals surface area (Å²) in [6, 6.07) is 7.58. The van der Waals surface area contributed by atoms with Crippen molar-refractivity contribution in [2.75, 3.05) is 5.32 Å². The molecule has 0 aliphatic carbocycles. The number of primary amides is 1. The third kappa shape index (κ3) is 8.66. The number of nitrogens with one attached hydrogen (secondary N) is 2. The van der Waals surface area contributed by atoms with Crippen molar-refractivity contribution in [1.82, 2.24) is 5.32 Å². The van der Waals surface area contributed by atoms with Crippen molar-refractivity contribution in [2.45, 2.75) is 51.9 Å². The summed E-state index contributed by atoms with van der Waals surface area (Å²) in [5.74, 6) is -3.54. The summed E-state index contributed by atoms with van der Waals surface area (Å²) in [6.45, 7) is 6.29. The number of aryl methyl sites for hydroxylation is 1. The maximum Gasteiger partial charge on any atom is 0.416 e. The van der Waals surface area contributed by atoms with Crippen molar-refractivity contribution in [3.8, 4) is 11.5 Å². The Morgan fingerprint density at radius 3 is 2.19 bits per heavy atom. The van der Waals surface area contributed by atoms with Gasteiger partial charge in [0.25, 0.3) is 5.91 Å². The van der Waals surface area contributed by atoms with Gasteiger partial charge in [-0.15, -0.1) is 0 Å². The first-order chi connectivity index (χ1) is 19.4. The van der Waals surface area contributed by atoms with E-state index >= 15 is 0 Å². The number of rotatable bonds is 8. The van der Waals surface area contributed by atoms with Crippen LogP contribution in [0.1, 0.15) is 60.3 Å². The Hall–Kier alpha value is -4.68. The second-order valence-electron chi connectivity index (χ2n) is 10.3. The monoisotopic (exact) mass is 593 g/mol. The van der Waals surface area contributed by atoms with Gasteiger partial charge < -0.3 is 25.8 Å². The quantitative estimate of drug-likeness (QED) is 0.249. The van der Waals surface area contributed by atoms with Crippen molar-refractivity contribution in [2.24, 2.45) is 5.73 Å². The number of amides is 3.